The molecule has 1 aromatic heterocycles. The molecule has 0 saturated carbocycles. The second-order valence-corrected chi connectivity index (χ2v) is 5.39. The van der Waals surface area contributed by atoms with Gasteiger partial charge in [0.1, 0.15) is 0 Å². The lowest BCUT2D eigenvalue weighted by Crippen LogP contribution is -2.45. The predicted molar refractivity (Wildman–Crippen MR) is 75.2 cm³/mol. The summed E-state index contributed by atoms with van der Waals surface area (Å²) in [5, 5.41) is 0. The Kier molecular flexibility index (Phi) is 4.40. The van der Waals surface area contributed by atoms with E-state index in [4.69, 9.17) is 11.6 Å². The molecule has 1 aliphatic rings. The van der Waals surface area contributed by atoms with Crippen molar-refractivity contribution in [2.75, 3.05) is 32.1 Å². The fourth-order valence-electron chi connectivity index (χ4n) is 2.32. The lowest BCUT2D eigenvalue weighted by molar-refractivity contribution is 0.257. The number of halogens is 1. The summed E-state index contributed by atoms with van der Waals surface area (Å²) in [4.78, 5) is 13.6. The second kappa shape index (κ2) is 5.85. The van der Waals surface area contributed by atoms with Crippen LogP contribution in [0.1, 0.15) is 24.1 Å². The van der Waals surface area contributed by atoms with Gasteiger partial charge in [-0.05, 0) is 33.9 Å². The highest BCUT2D eigenvalue weighted by atomic mass is 35.5. The van der Waals surface area contributed by atoms with E-state index in [1.54, 1.807) is 0 Å². The van der Waals surface area contributed by atoms with Gasteiger partial charge in [-0.25, -0.2) is 9.97 Å². The Balaban J connectivity index is 2.13. The van der Waals surface area contributed by atoms with Crippen molar-refractivity contribution < 1.29 is 0 Å². The molecule has 0 bridgehead atoms. The monoisotopic (exact) mass is 268 g/mol. The summed E-state index contributed by atoms with van der Waals surface area (Å²) in [6, 6.07) is 0.593. The van der Waals surface area contributed by atoms with Crippen LogP contribution in [0.4, 0.5) is 5.95 Å². The molecule has 18 heavy (non-hydrogen) atoms. The smallest absolute Gasteiger partial charge is 0.225 e. The third-order valence-corrected chi connectivity index (χ3v) is 3.91. The Morgan fingerprint density at radius 3 is 2.89 bits per heavy atom. The molecule has 5 heteroatoms. The average molecular weight is 269 g/mol. The molecule has 1 unspecified atom stereocenters. The van der Waals surface area contributed by atoms with Crippen molar-refractivity contribution in [1.29, 1.82) is 0 Å². The Labute approximate surface area is 114 Å². The van der Waals surface area contributed by atoms with Crippen LogP contribution in [0.5, 0.6) is 0 Å². The van der Waals surface area contributed by atoms with Crippen LogP contribution < -0.4 is 4.90 Å². The van der Waals surface area contributed by atoms with Gasteiger partial charge in [-0.15, -0.1) is 11.6 Å². The van der Waals surface area contributed by atoms with Crippen molar-refractivity contribution >= 4 is 17.5 Å². The fourth-order valence-corrected chi connectivity index (χ4v) is 2.58. The average Bonchev–Trinajstić information content (AvgIpc) is 2.38. The summed E-state index contributed by atoms with van der Waals surface area (Å²) in [6.07, 6.45) is 4.30. The molecule has 0 aromatic carbocycles. The largest absolute Gasteiger partial charge is 0.339 e. The fraction of sp³-hybridized carbons (Fsp3) is 0.692. The number of rotatable bonds is 3. The van der Waals surface area contributed by atoms with Gasteiger partial charge in [0.25, 0.3) is 0 Å². The first kappa shape index (κ1) is 13.6. The number of nitrogens with zero attached hydrogens (tertiary/aromatic N) is 4. The maximum atomic E-state index is 5.83. The number of piperidine rings is 1. The van der Waals surface area contributed by atoms with Crippen LogP contribution in [0, 0.1) is 6.92 Å². The first-order chi connectivity index (χ1) is 8.61. The van der Waals surface area contributed by atoms with Crippen LogP contribution in [-0.2, 0) is 5.88 Å². The Morgan fingerprint density at radius 2 is 2.28 bits per heavy atom. The van der Waals surface area contributed by atoms with E-state index in [0.717, 1.165) is 30.3 Å². The summed E-state index contributed by atoms with van der Waals surface area (Å²) in [5.41, 5.74) is 2.00. The van der Waals surface area contributed by atoms with E-state index in [0.29, 0.717) is 11.9 Å². The van der Waals surface area contributed by atoms with Crippen LogP contribution >= 0.6 is 11.6 Å². The van der Waals surface area contributed by atoms with Crippen molar-refractivity contribution in [1.82, 2.24) is 14.9 Å². The Bertz CT molecular complexity index is 408. The number of aryl methyl sites for hydroxylation is 1. The maximum absolute atomic E-state index is 5.83. The number of hydrogen-bond donors (Lipinski definition) is 0. The first-order valence-corrected chi connectivity index (χ1v) is 6.95. The van der Waals surface area contributed by atoms with E-state index < -0.39 is 0 Å². The van der Waals surface area contributed by atoms with Gasteiger partial charge in [0.2, 0.25) is 5.95 Å². The molecule has 1 fully saturated rings. The second-order valence-electron chi connectivity index (χ2n) is 5.12. The number of anilines is 1. The highest BCUT2D eigenvalue weighted by Gasteiger charge is 2.23. The van der Waals surface area contributed by atoms with E-state index in [1.165, 1.54) is 12.8 Å². The number of hydrogen-bond acceptors (Lipinski definition) is 4. The van der Waals surface area contributed by atoms with E-state index in [9.17, 15) is 0 Å². The quantitative estimate of drug-likeness (QED) is 0.786. The molecule has 0 N–H and O–H groups in total. The Morgan fingerprint density at radius 1 is 1.50 bits per heavy atom. The molecule has 0 amide bonds. The zero-order valence-corrected chi connectivity index (χ0v) is 12.1. The minimum absolute atomic E-state index is 0.479. The SMILES string of the molecule is Cc1nc(N2CCCC(N(C)C)C2)ncc1CCl. The molecule has 1 atom stereocenters. The first-order valence-electron chi connectivity index (χ1n) is 6.41. The van der Waals surface area contributed by atoms with Gasteiger partial charge in [-0.3, -0.25) is 0 Å². The van der Waals surface area contributed by atoms with Crippen LogP contribution in [0.3, 0.4) is 0 Å². The van der Waals surface area contributed by atoms with Crippen molar-refractivity contribution in [2.45, 2.75) is 31.7 Å². The molecule has 0 radical (unpaired) electrons. The molecule has 100 valence electrons. The number of aromatic nitrogens is 2. The van der Waals surface area contributed by atoms with Crippen molar-refractivity contribution in [3.05, 3.63) is 17.5 Å². The van der Waals surface area contributed by atoms with Gasteiger partial charge in [0, 0.05) is 36.6 Å². The molecule has 4 nitrogen and oxygen atoms in total. The zero-order chi connectivity index (χ0) is 13.1. The number of alkyl halides is 1. The Hall–Kier alpha value is -0.870. The summed E-state index contributed by atoms with van der Waals surface area (Å²) in [6.45, 7) is 4.05. The lowest BCUT2D eigenvalue weighted by atomic mass is 10.1. The topological polar surface area (TPSA) is 32.3 Å². The summed E-state index contributed by atoms with van der Waals surface area (Å²) in [7, 11) is 4.27. The van der Waals surface area contributed by atoms with Gasteiger partial charge >= 0.3 is 0 Å². The molecule has 0 spiro atoms. The predicted octanol–water partition coefficient (Wildman–Crippen LogP) is 2.05. The molecule has 0 aliphatic carbocycles. The van der Waals surface area contributed by atoms with Gasteiger partial charge in [0.05, 0.1) is 5.88 Å². The summed E-state index contributed by atoms with van der Waals surface area (Å²) in [5.74, 6) is 1.32. The van der Waals surface area contributed by atoms with Crippen molar-refractivity contribution in [2.24, 2.45) is 0 Å². The van der Waals surface area contributed by atoms with Crippen molar-refractivity contribution in [3.63, 3.8) is 0 Å². The molecular formula is C13H21ClN4. The minimum Gasteiger partial charge on any atom is -0.339 e. The maximum Gasteiger partial charge on any atom is 0.225 e. The zero-order valence-electron chi connectivity index (χ0n) is 11.4. The summed E-state index contributed by atoms with van der Waals surface area (Å²) >= 11 is 5.83. The lowest BCUT2D eigenvalue weighted by Gasteiger charge is -2.36. The molecule has 2 rings (SSSR count). The van der Waals surface area contributed by atoms with Gasteiger partial charge in [-0.1, -0.05) is 0 Å². The van der Waals surface area contributed by atoms with Gasteiger partial charge < -0.3 is 9.80 Å². The van der Waals surface area contributed by atoms with Crippen molar-refractivity contribution in [3.8, 4) is 0 Å². The highest BCUT2D eigenvalue weighted by Crippen LogP contribution is 2.19. The highest BCUT2D eigenvalue weighted by molar-refractivity contribution is 6.17. The molecular weight excluding hydrogens is 248 g/mol. The number of likely N-dealkylation sites (N-methyl/N-ethyl adjacent to an activating group) is 1. The van der Waals surface area contributed by atoms with Gasteiger partial charge in [0.15, 0.2) is 0 Å². The van der Waals surface area contributed by atoms with E-state index >= 15 is 0 Å². The normalized spacial score (nSPS) is 20.5. The van der Waals surface area contributed by atoms with Crippen LogP contribution in [0.25, 0.3) is 0 Å². The summed E-state index contributed by atoms with van der Waals surface area (Å²) < 4.78 is 0. The van der Waals surface area contributed by atoms with E-state index in [-0.39, 0.29) is 0 Å². The van der Waals surface area contributed by atoms with Crippen LogP contribution in [0.2, 0.25) is 0 Å². The molecule has 1 aliphatic heterocycles. The third-order valence-electron chi connectivity index (χ3n) is 3.62. The molecule has 1 aromatic rings. The van der Waals surface area contributed by atoms with E-state index in [2.05, 4.69) is 33.9 Å². The standard InChI is InChI=1S/C13H21ClN4/c1-10-11(7-14)8-15-13(16-10)18-6-4-5-12(9-18)17(2)3/h8,12H,4-7,9H2,1-3H3. The van der Waals surface area contributed by atoms with Gasteiger partial charge in [-0.2, -0.15) is 0 Å². The molecule has 2 heterocycles. The minimum atomic E-state index is 0.479. The van der Waals surface area contributed by atoms with Crippen LogP contribution in [0.15, 0.2) is 6.20 Å². The van der Waals surface area contributed by atoms with E-state index in [1.807, 2.05) is 13.1 Å². The third kappa shape index (κ3) is 2.93. The van der Waals surface area contributed by atoms with Crippen LogP contribution in [-0.4, -0.2) is 48.1 Å². The molecule has 1 saturated heterocycles.